The highest BCUT2D eigenvalue weighted by Gasteiger charge is 2.10. The molecule has 1 amide bonds. The van der Waals surface area contributed by atoms with Crippen LogP contribution in [-0.4, -0.2) is 24.4 Å². The van der Waals surface area contributed by atoms with E-state index in [1.54, 1.807) is 6.26 Å². The number of hydrogen-bond donors (Lipinski definition) is 1. The molecule has 2 aromatic rings. The molecular formula is C15H17IN2O2. The summed E-state index contributed by atoms with van der Waals surface area (Å²) in [5.41, 5.74) is 1.93. The molecule has 20 heavy (non-hydrogen) atoms. The third-order valence-corrected chi connectivity index (χ3v) is 3.55. The highest BCUT2D eigenvalue weighted by Crippen LogP contribution is 2.17. The molecular weight excluding hydrogens is 367 g/mol. The lowest BCUT2D eigenvalue weighted by atomic mass is 10.2. The van der Waals surface area contributed by atoms with Gasteiger partial charge < -0.3 is 9.73 Å². The predicted molar refractivity (Wildman–Crippen MR) is 87.6 cm³/mol. The second-order valence-electron chi connectivity index (χ2n) is 4.76. The lowest BCUT2D eigenvalue weighted by molar-refractivity contribution is -0.117. The minimum atomic E-state index is -0.0247. The molecule has 1 heterocycles. The van der Waals surface area contributed by atoms with Crippen LogP contribution in [0.4, 0.5) is 5.69 Å². The molecule has 4 nitrogen and oxygen atoms in total. The Balaban J connectivity index is 1.88. The second kappa shape index (κ2) is 6.90. The van der Waals surface area contributed by atoms with Crippen LogP contribution in [0.25, 0.3) is 0 Å². The molecule has 1 aromatic carbocycles. The number of rotatable bonds is 5. The molecule has 0 aliphatic heterocycles. The van der Waals surface area contributed by atoms with Crippen molar-refractivity contribution < 1.29 is 9.21 Å². The molecule has 2 rings (SSSR count). The van der Waals surface area contributed by atoms with E-state index in [2.05, 4.69) is 27.9 Å². The van der Waals surface area contributed by atoms with Crippen molar-refractivity contribution in [3.63, 3.8) is 0 Å². The average molecular weight is 384 g/mol. The van der Waals surface area contributed by atoms with Crippen molar-refractivity contribution in [3.05, 3.63) is 51.5 Å². The van der Waals surface area contributed by atoms with Crippen LogP contribution in [0.15, 0.2) is 41.0 Å². The summed E-state index contributed by atoms with van der Waals surface area (Å²) >= 11 is 2.26. The van der Waals surface area contributed by atoms with Crippen LogP contribution in [0.1, 0.15) is 11.3 Å². The Bertz CT molecular complexity index is 582. The lowest BCUT2D eigenvalue weighted by Crippen LogP contribution is -2.29. The van der Waals surface area contributed by atoms with Crippen LogP contribution < -0.4 is 5.32 Å². The summed E-state index contributed by atoms with van der Waals surface area (Å²) in [6, 6.07) is 9.70. The van der Waals surface area contributed by atoms with Gasteiger partial charge in [-0.25, -0.2) is 0 Å². The number of likely N-dealkylation sites (N-methyl/N-ethyl adjacent to an activating group) is 1. The van der Waals surface area contributed by atoms with Gasteiger partial charge in [-0.1, -0.05) is 0 Å². The number of nitrogens with one attached hydrogen (secondary N) is 1. The Kier molecular flexibility index (Phi) is 5.19. The Labute approximate surface area is 132 Å². The molecule has 0 saturated carbocycles. The van der Waals surface area contributed by atoms with Crippen molar-refractivity contribution in [3.8, 4) is 0 Å². The number of halogens is 1. The summed E-state index contributed by atoms with van der Waals surface area (Å²) < 4.78 is 6.42. The van der Waals surface area contributed by atoms with Crippen molar-refractivity contribution in [1.29, 1.82) is 0 Å². The fraction of sp³-hybridized carbons (Fsp3) is 0.267. The van der Waals surface area contributed by atoms with Gasteiger partial charge in [0, 0.05) is 9.26 Å². The zero-order chi connectivity index (χ0) is 14.5. The van der Waals surface area contributed by atoms with Crippen LogP contribution in [0.5, 0.6) is 0 Å². The fourth-order valence-corrected chi connectivity index (χ4v) is 2.57. The second-order valence-corrected chi connectivity index (χ2v) is 6.00. The van der Waals surface area contributed by atoms with Gasteiger partial charge >= 0.3 is 0 Å². The SMILES string of the molecule is Cc1cc(I)ccc1NC(=O)CN(C)Cc1ccco1. The Morgan fingerprint density at radius 3 is 2.85 bits per heavy atom. The molecule has 5 heteroatoms. The van der Waals surface area contributed by atoms with Crippen molar-refractivity contribution in [2.45, 2.75) is 13.5 Å². The largest absolute Gasteiger partial charge is 0.468 e. The van der Waals surface area contributed by atoms with Crippen LogP contribution >= 0.6 is 22.6 Å². The van der Waals surface area contributed by atoms with Crippen LogP contribution in [-0.2, 0) is 11.3 Å². The monoisotopic (exact) mass is 384 g/mol. The normalized spacial score (nSPS) is 10.8. The van der Waals surface area contributed by atoms with E-state index in [0.29, 0.717) is 13.1 Å². The van der Waals surface area contributed by atoms with E-state index in [9.17, 15) is 4.79 Å². The molecule has 0 saturated heterocycles. The molecule has 0 radical (unpaired) electrons. The quantitative estimate of drug-likeness (QED) is 0.805. The first-order chi connectivity index (χ1) is 9.54. The molecule has 0 aliphatic rings. The van der Waals surface area contributed by atoms with E-state index in [1.807, 2.05) is 49.2 Å². The molecule has 106 valence electrons. The number of carbonyl (C=O) groups excluding carboxylic acids is 1. The highest BCUT2D eigenvalue weighted by molar-refractivity contribution is 14.1. The van der Waals surface area contributed by atoms with E-state index in [4.69, 9.17) is 4.42 Å². The molecule has 0 unspecified atom stereocenters. The number of aryl methyl sites for hydroxylation is 1. The van der Waals surface area contributed by atoms with Gasteiger partial charge in [0.1, 0.15) is 5.76 Å². The summed E-state index contributed by atoms with van der Waals surface area (Å²) in [4.78, 5) is 13.9. The van der Waals surface area contributed by atoms with Gasteiger partial charge in [0.15, 0.2) is 0 Å². The van der Waals surface area contributed by atoms with E-state index < -0.39 is 0 Å². The number of nitrogens with zero attached hydrogens (tertiary/aromatic N) is 1. The van der Waals surface area contributed by atoms with Crippen LogP contribution in [0.3, 0.4) is 0 Å². The van der Waals surface area contributed by atoms with E-state index >= 15 is 0 Å². The molecule has 0 bridgehead atoms. The first-order valence-corrected chi connectivity index (χ1v) is 7.39. The Morgan fingerprint density at radius 1 is 1.40 bits per heavy atom. The molecule has 0 aliphatic carbocycles. The summed E-state index contributed by atoms with van der Waals surface area (Å²) in [7, 11) is 1.89. The number of hydrogen-bond acceptors (Lipinski definition) is 3. The van der Waals surface area contributed by atoms with Crippen molar-refractivity contribution in [2.75, 3.05) is 18.9 Å². The first-order valence-electron chi connectivity index (χ1n) is 6.31. The number of benzene rings is 1. The van der Waals surface area contributed by atoms with Crippen molar-refractivity contribution in [1.82, 2.24) is 4.90 Å². The van der Waals surface area contributed by atoms with Crippen LogP contribution in [0, 0.1) is 10.5 Å². The van der Waals surface area contributed by atoms with E-state index in [1.165, 1.54) is 0 Å². The summed E-state index contributed by atoms with van der Waals surface area (Å²) in [6.07, 6.45) is 1.64. The van der Waals surface area contributed by atoms with E-state index in [-0.39, 0.29) is 5.91 Å². The highest BCUT2D eigenvalue weighted by atomic mass is 127. The molecule has 1 aromatic heterocycles. The number of amides is 1. The minimum Gasteiger partial charge on any atom is -0.468 e. The topological polar surface area (TPSA) is 45.5 Å². The van der Waals surface area contributed by atoms with Gasteiger partial charge in [0.05, 0.1) is 19.4 Å². The Hall–Kier alpha value is -1.34. The van der Waals surface area contributed by atoms with Crippen molar-refractivity contribution >= 4 is 34.2 Å². The maximum atomic E-state index is 12.0. The van der Waals surface area contributed by atoms with Gasteiger partial charge in [0.25, 0.3) is 0 Å². The maximum absolute atomic E-state index is 12.0. The van der Waals surface area contributed by atoms with Gasteiger partial charge in [-0.3, -0.25) is 9.69 Å². The van der Waals surface area contributed by atoms with E-state index in [0.717, 1.165) is 20.6 Å². The van der Waals surface area contributed by atoms with Gasteiger partial charge in [-0.05, 0) is 72.5 Å². The number of carbonyl (C=O) groups is 1. The maximum Gasteiger partial charge on any atom is 0.238 e. The number of anilines is 1. The standard InChI is InChI=1S/C15H17IN2O2/c1-11-8-12(16)5-6-14(11)17-15(19)10-18(2)9-13-4-3-7-20-13/h3-8H,9-10H2,1-2H3,(H,17,19). The molecule has 0 fully saturated rings. The molecule has 1 N–H and O–H groups in total. The molecule has 0 atom stereocenters. The minimum absolute atomic E-state index is 0.0247. The van der Waals surface area contributed by atoms with Gasteiger partial charge in [-0.15, -0.1) is 0 Å². The van der Waals surface area contributed by atoms with Crippen LogP contribution in [0.2, 0.25) is 0 Å². The lowest BCUT2D eigenvalue weighted by Gasteiger charge is -2.15. The fourth-order valence-electron chi connectivity index (χ4n) is 1.93. The zero-order valence-corrected chi connectivity index (χ0v) is 13.7. The third-order valence-electron chi connectivity index (χ3n) is 2.88. The first kappa shape index (κ1) is 15.1. The smallest absolute Gasteiger partial charge is 0.238 e. The zero-order valence-electron chi connectivity index (χ0n) is 11.5. The summed E-state index contributed by atoms with van der Waals surface area (Å²) in [5.74, 6) is 0.828. The van der Waals surface area contributed by atoms with Gasteiger partial charge in [-0.2, -0.15) is 0 Å². The third kappa shape index (κ3) is 4.35. The predicted octanol–water partition coefficient (Wildman–Crippen LogP) is 3.26. The van der Waals surface area contributed by atoms with Crippen molar-refractivity contribution in [2.24, 2.45) is 0 Å². The number of furan rings is 1. The van der Waals surface area contributed by atoms with Gasteiger partial charge in [0.2, 0.25) is 5.91 Å². The molecule has 0 spiro atoms. The summed E-state index contributed by atoms with van der Waals surface area (Å²) in [5, 5.41) is 2.93. The summed E-state index contributed by atoms with van der Waals surface area (Å²) in [6.45, 7) is 2.93. The Morgan fingerprint density at radius 2 is 2.20 bits per heavy atom. The average Bonchev–Trinajstić information content (AvgIpc) is 2.85.